The third-order valence-electron chi connectivity index (χ3n) is 5.34. The van der Waals surface area contributed by atoms with Crippen LogP contribution in [0.15, 0.2) is 24.3 Å². The number of carbonyl (C=O) groups is 1. The molecule has 27 heavy (non-hydrogen) atoms. The first-order valence-corrected chi connectivity index (χ1v) is 10.4. The summed E-state index contributed by atoms with van der Waals surface area (Å²) in [6, 6.07) is 0. The average Bonchev–Trinajstić information content (AvgIpc) is 2.85. The van der Waals surface area contributed by atoms with Crippen LogP contribution in [0.4, 0.5) is 0 Å². The molecule has 5 atom stereocenters. The third kappa shape index (κ3) is 10.1. The van der Waals surface area contributed by atoms with Crippen LogP contribution in [0.5, 0.6) is 0 Å². The fourth-order valence-corrected chi connectivity index (χ4v) is 3.71. The van der Waals surface area contributed by atoms with Gasteiger partial charge in [0, 0.05) is 18.8 Å². The van der Waals surface area contributed by atoms with Gasteiger partial charge in [0.05, 0.1) is 18.3 Å². The fraction of sp³-hybridized carbons (Fsp3) is 0.773. The maximum atomic E-state index is 10.5. The Balaban J connectivity index is 2.43. The number of carboxylic acids is 1. The molecule has 0 amide bonds. The van der Waals surface area contributed by atoms with Gasteiger partial charge >= 0.3 is 5.97 Å². The van der Waals surface area contributed by atoms with Gasteiger partial charge in [-0.05, 0) is 37.5 Å². The van der Waals surface area contributed by atoms with Crippen molar-refractivity contribution >= 4 is 5.97 Å². The highest BCUT2D eigenvalue weighted by molar-refractivity contribution is 5.66. The standard InChI is InChI=1S/C22H38O5/c1-16(2)9-7-8-10-17(23)13-14-19-18(20(24)15-21(19)25)11-5-3-4-6-12-22(26)27/h3,5,13-14,16-21,23-25H,4,6-12,15H2,1-2H3,(H,26,27)/b5-3-,14-13+/t17-,18+,19+,20-,21+/m0/s1. The molecule has 0 saturated heterocycles. The highest BCUT2D eigenvalue weighted by atomic mass is 16.4. The van der Waals surface area contributed by atoms with Gasteiger partial charge in [-0.1, -0.05) is 57.4 Å². The van der Waals surface area contributed by atoms with E-state index in [0.717, 1.165) is 19.3 Å². The summed E-state index contributed by atoms with van der Waals surface area (Å²) in [5.41, 5.74) is 0. The zero-order valence-electron chi connectivity index (χ0n) is 16.8. The summed E-state index contributed by atoms with van der Waals surface area (Å²) in [6.45, 7) is 4.40. The average molecular weight is 383 g/mol. The molecule has 1 rings (SSSR count). The van der Waals surface area contributed by atoms with Crippen molar-refractivity contribution in [3.8, 4) is 0 Å². The van der Waals surface area contributed by atoms with Crippen LogP contribution in [-0.4, -0.2) is 44.7 Å². The lowest BCUT2D eigenvalue weighted by atomic mass is 9.89. The molecule has 5 nitrogen and oxygen atoms in total. The van der Waals surface area contributed by atoms with Gasteiger partial charge in [-0.3, -0.25) is 4.79 Å². The number of hydrogen-bond acceptors (Lipinski definition) is 4. The van der Waals surface area contributed by atoms with Gasteiger partial charge in [-0.2, -0.15) is 0 Å². The van der Waals surface area contributed by atoms with E-state index in [1.54, 1.807) is 6.08 Å². The first-order valence-electron chi connectivity index (χ1n) is 10.4. The molecule has 1 aliphatic carbocycles. The third-order valence-corrected chi connectivity index (χ3v) is 5.34. The summed E-state index contributed by atoms with van der Waals surface area (Å²) in [5.74, 6) is -0.328. The minimum atomic E-state index is -0.786. The predicted molar refractivity (Wildman–Crippen MR) is 107 cm³/mol. The van der Waals surface area contributed by atoms with Crippen molar-refractivity contribution in [2.75, 3.05) is 0 Å². The molecule has 0 aromatic heterocycles. The Hall–Kier alpha value is -1.17. The van der Waals surface area contributed by atoms with Crippen molar-refractivity contribution in [3.63, 3.8) is 0 Å². The van der Waals surface area contributed by atoms with Crippen LogP contribution in [0.2, 0.25) is 0 Å². The van der Waals surface area contributed by atoms with Crippen molar-refractivity contribution in [2.24, 2.45) is 17.8 Å². The summed E-state index contributed by atoms with van der Waals surface area (Å²) in [4.78, 5) is 10.5. The number of hydrogen-bond donors (Lipinski definition) is 4. The van der Waals surface area contributed by atoms with E-state index in [4.69, 9.17) is 5.11 Å². The summed E-state index contributed by atoms with van der Waals surface area (Å²) >= 11 is 0. The van der Waals surface area contributed by atoms with Gasteiger partial charge in [0.15, 0.2) is 0 Å². The summed E-state index contributed by atoms with van der Waals surface area (Å²) < 4.78 is 0. The number of aliphatic carboxylic acids is 1. The zero-order chi connectivity index (χ0) is 20.2. The van der Waals surface area contributed by atoms with Crippen LogP contribution in [0.25, 0.3) is 0 Å². The van der Waals surface area contributed by atoms with Crippen LogP contribution < -0.4 is 0 Å². The molecule has 0 heterocycles. The number of carboxylic acid groups (broad SMARTS) is 1. The van der Waals surface area contributed by atoms with Crippen molar-refractivity contribution < 1.29 is 25.2 Å². The van der Waals surface area contributed by atoms with Gasteiger partial charge in [-0.25, -0.2) is 0 Å². The van der Waals surface area contributed by atoms with Crippen molar-refractivity contribution in [1.29, 1.82) is 0 Å². The lowest BCUT2D eigenvalue weighted by Crippen LogP contribution is -2.20. The van der Waals surface area contributed by atoms with Crippen LogP contribution in [0, 0.1) is 17.8 Å². The first-order chi connectivity index (χ1) is 12.8. The SMILES string of the molecule is CC(C)CCCC[C@H](O)/C=C/[C@@H]1[C@@H](C/C=C\CCCC(=O)O)[C@@H](O)C[C@H]1O. The monoisotopic (exact) mass is 382 g/mol. The largest absolute Gasteiger partial charge is 0.481 e. The highest BCUT2D eigenvalue weighted by Crippen LogP contribution is 2.36. The molecule has 0 radical (unpaired) electrons. The van der Waals surface area contributed by atoms with E-state index in [0.29, 0.717) is 31.6 Å². The second kappa shape index (κ2) is 13.1. The zero-order valence-corrected chi connectivity index (χ0v) is 16.8. The van der Waals surface area contributed by atoms with E-state index in [-0.39, 0.29) is 18.3 Å². The molecular weight excluding hydrogens is 344 g/mol. The van der Waals surface area contributed by atoms with Crippen LogP contribution in [0.3, 0.4) is 0 Å². The summed E-state index contributed by atoms with van der Waals surface area (Å²) in [5, 5.41) is 39.2. The van der Waals surface area contributed by atoms with E-state index in [1.807, 2.05) is 18.2 Å². The van der Waals surface area contributed by atoms with Gasteiger partial charge in [0.2, 0.25) is 0 Å². The van der Waals surface area contributed by atoms with Crippen LogP contribution in [0.1, 0.15) is 71.6 Å². The molecule has 1 fully saturated rings. The Bertz CT molecular complexity index is 471. The normalized spacial score (nSPS) is 27.2. The molecule has 0 aromatic rings. The second-order valence-electron chi connectivity index (χ2n) is 8.24. The number of aliphatic hydroxyl groups excluding tert-OH is 3. The minimum absolute atomic E-state index is 0.0693. The lowest BCUT2D eigenvalue weighted by molar-refractivity contribution is -0.137. The van der Waals surface area contributed by atoms with Gasteiger partial charge in [0.25, 0.3) is 0 Å². The second-order valence-corrected chi connectivity index (χ2v) is 8.24. The number of rotatable bonds is 13. The molecule has 1 aliphatic rings. The lowest BCUT2D eigenvalue weighted by Gasteiger charge is -2.19. The number of allylic oxidation sites excluding steroid dienone is 2. The maximum absolute atomic E-state index is 10.5. The molecule has 0 unspecified atom stereocenters. The molecule has 0 aromatic carbocycles. The van der Waals surface area contributed by atoms with E-state index < -0.39 is 24.3 Å². The molecule has 4 N–H and O–H groups in total. The molecular formula is C22H38O5. The fourth-order valence-electron chi connectivity index (χ4n) is 3.71. The van der Waals surface area contributed by atoms with E-state index >= 15 is 0 Å². The Kier molecular flexibility index (Phi) is 11.6. The Morgan fingerprint density at radius 1 is 1.07 bits per heavy atom. The maximum Gasteiger partial charge on any atom is 0.303 e. The van der Waals surface area contributed by atoms with Gasteiger partial charge in [0.1, 0.15) is 0 Å². The minimum Gasteiger partial charge on any atom is -0.481 e. The van der Waals surface area contributed by atoms with Gasteiger partial charge in [-0.15, -0.1) is 0 Å². The van der Waals surface area contributed by atoms with Crippen molar-refractivity contribution in [1.82, 2.24) is 0 Å². The smallest absolute Gasteiger partial charge is 0.303 e. The van der Waals surface area contributed by atoms with Crippen molar-refractivity contribution in [3.05, 3.63) is 24.3 Å². The van der Waals surface area contributed by atoms with E-state index in [9.17, 15) is 20.1 Å². The molecule has 0 spiro atoms. The molecule has 5 heteroatoms. The quantitative estimate of drug-likeness (QED) is 0.288. The molecule has 1 saturated carbocycles. The van der Waals surface area contributed by atoms with E-state index in [2.05, 4.69) is 13.8 Å². The molecule has 0 bridgehead atoms. The number of unbranched alkanes of at least 4 members (excludes halogenated alkanes) is 2. The first kappa shape index (κ1) is 23.9. The summed E-state index contributed by atoms with van der Waals surface area (Å²) in [6.07, 6.45) is 12.4. The number of aliphatic hydroxyl groups is 3. The van der Waals surface area contributed by atoms with Gasteiger partial charge < -0.3 is 20.4 Å². The Morgan fingerprint density at radius 2 is 1.78 bits per heavy atom. The van der Waals surface area contributed by atoms with Crippen LogP contribution in [-0.2, 0) is 4.79 Å². The molecule has 0 aliphatic heterocycles. The van der Waals surface area contributed by atoms with E-state index in [1.165, 1.54) is 6.42 Å². The Labute approximate surface area is 163 Å². The summed E-state index contributed by atoms with van der Waals surface area (Å²) in [7, 11) is 0. The van der Waals surface area contributed by atoms with Crippen LogP contribution >= 0.6 is 0 Å². The topological polar surface area (TPSA) is 98.0 Å². The predicted octanol–water partition coefficient (Wildman–Crippen LogP) is 3.68. The molecule has 156 valence electrons. The Morgan fingerprint density at radius 3 is 2.44 bits per heavy atom. The highest BCUT2D eigenvalue weighted by Gasteiger charge is 2.39. The van der Waals surface area contributed by atoms with Crippen molar-refractivity contribution in [2.45, 2.75) is 89.9 Å².